The van der Waals surface area contributed by atoms with E-state index in [9.17, 15) is 9.59 Å². The Morgan fingerprint density at radius 2 is 2.17 bits per heavy atom. The van der Waals surface area contributed by atoms with E-state index >= 15 is 0 Å². The molecule has 1 aliphatic rings. The lowest BCUT2D eigenvalue weighted by molar-refractivity contribution is -0.159. The van der Waals surface area contributed by atoms with Crippen LogP contribution in [0.3, 0.4) is 0 Å². The fraction of sp³-hybridized carbons (Fsp3) is 0.227. The van der Waals surface area contributed by atoms with Crippen molar-refractivity contribution in [1.29, 1.82) is 0 Å². The summed E-state index contributed by atoms with van der Waals surface area (Å²) < 4.78 is 0.886. The Bertz CT molecular complexity index is 1160. The Labute approximate surface area is 192 Å². The van der Waals surface area contributed by atoms with Crippen molar-refractivity contribution in [2.75, 3.05) is 13.1 Å². The van der Waals surface area contributed by atoms with E-state index in [4.69, 9.17) is 11.6 Å². The van der Waals surface area contributed by atoms with Crippen molar-refractivity contribution >= 4 is 61.6 Å². The molecular weight excluding hydrogens is 486 g/mol. The number of pyridine rings is 1. The van der Waals surface area contributed by atoms with Crippen LogP contribution in [0.2, 0.25) is 5.02 Å². The van der Waals surface area contributed by atoms with Gasteiger partial charge in [-0.1, -0.05) is 30.3 Å². The van der Waals surface area contributed by atoms with E-state index in [2.05, 4.69) is 27.5 Å². The first-order valence-electron chi connectivity index (χ1n) is 9.35. The summed E-state index contributed by atoms with van der Waals surface area (Å²) in [5.41, 5.74) is 0.667. The molecule has 1 atom stereocenters. The van der Waals surface area contributed by atoms with Gasteiger partial charge in [0.15, 0.2) is 5.54 Å². The molecule has 0 saturated carbocycles. The van der Waals surface area contributed by atoms with Gasteiger partial charge in [0, 0.05) is 45.9 Å². The number of aromatic nitrogens is 1. The van der Waals surface area contributed by atoms with Crippen molar-refractivity contribution in [1.82, 2.24) is 14.8 Å². The number of nitrogens with zero attached hydrogens (tertiary/aromatic N) is 3. The molecule has 2 amide bonds. The maximum absolute atomic E-state index is 13.7. The molecular formula is C22H19BrClN3O2S. The molecule has 0 spiro atoms. The van der Waals surface area contributed by atoms with E-state index in [0.717, 1.165) is 25.8 Å². The lowest BCUT2D eigenvalue weighted by Crippen LogP contribution is -2.63. The Morgan fingerprint density at radius 1 is 1.37 bits per heavy atom. The highest BCUT2D eigenvalue weighted by molar-refractivity contribution is 9.10. The standard InChI is InChI=1S/C22H19BrClN3O2S/c1-3-20(28)27-9-8-26(21(29)22(27,2)19-11-15(23)13-30-19)12-14-4-5-16-17(24)6-7-25-18(16)10-14/h3-7,10-11,13H,1,8-9,12H2,2H3/t22-/m1/s1. The maximum Gasteiger partial charge on any atom is 0.254 e. The third-order valence-corrected chi connectivity index (χ3v) is 7.68. The van der Waals surface area contributed by atoms with Crippen LogP contribution >= 0.6 is 38.9 Å². The van der Waals surface area contributed by atoms with Crippen molar-refractivity contribution in [2.45, 2.75) is 19.0 Å². The van der Waals surface area contributed by atoms with Crippen LogP contribution in [0.25, 0.3) is 10.9 Å². The molecule has 0 radical (unpaired) electrons. The predicted molar refractivity (Wildman–Crippen MR) is 123 cm³/mol. The summed E-state index contributed by atoms with van der Waals surface area (Å²) in [7, 11) is 0. The summed E-state index contributed by atoms with van der Waals surface area (Å²) in [6.07, 6.45) is 2.94. The number of piperazine rings is 1. The summed E-state index contributed by atoms with van der Waals surface area (Å²) in [5.74, 6) is -0.364. The van der Waals surface area contributed by atoms with Crippen LogP contribution in [0.4, 0.5) is 0 Å². The van der Waals surface area contributed by atoms with E-state index in [-0.39, 0.29) is 11.8 Å². The smallest absolute Gasteiger partial charge is 0.254 e. The van der Waals surface area contributed by atoms with Crippen LogP contribution < -0.4 is 0 Å². The van der Waals surface area contributed by atoms with Gasteiger partial charge in [0.25, 0.3) is 5.91 Å². The second-order valence-corrected chi connectivity index (χ2v) is 9.50. The minimum atomic E-state index is -1.08. The molecule has 0 unspecified atom stereocenters. The van der Waals surface area contributed by atoms with Gasteiger partial charge in [-0.25, -0.2) is 0 Å². The zero-order valence-corrected chi connectivity index (χ0v) is 19.4. The van der Waals surface area contributed by atoms with E-state index in [1.807, 2.05) is 36.6 Å². The predicted octanol–water partition coefficient (Wildman–Crippen LogP) is 4.98. The Hall–Kier alpha value is -2.22. The number of hydrogen-bond acceptors (Lipinski definition) is 4. The van der Waals surface area contributed by atoms with Gasteiger partial charge in [-0.3, -0.25) is 14.6 Å². The van der Waals surface area contributed by atoms with E-state index in [1.165, 1.54) is 17.4 Å². The van der Waals surface area contributed by atoms with Gasteiger partial charge in [0.1, 0.15) is 0 Å². The Kier molecular flexibility index (Phi) is 5.70. The third kappa shape index (κ3) is 3.55. The number of carbonyl (C=O) groups is 2. The van der Waals surface area contributed by atoms with Gasteiger partial charge >= 0.3 is 0 Å². The molecule has 1 saturated heterocycles. The van der Waals surface area contributed by atoms with Crippen LogP contribution in [0.5, 0.6) is 0 Å². The molecule has 1 aliphatic heterocycles. The molecule has 4 rings (SSSR count). The quantitative estimate of drug-likeness (QED) is 0.471. The van der Waals surface area contributed by atoms with Gasteiger partial charge in [-0.05, 0) is 52.7 Å². The average molecular weight is 505 g/mol. The van der Waals surface area contributed by atoms with Crippen LogP contribution in [-0.2, 0) is 21.7 Å². The molecule has 0 bridgehead atoms. The molecule has 30 heavy (non-hydrogen) atoms. The number of thiophene rings is 1. The number of amides is 2. The Morgan fingerprint density at radius 3 is 2.87 bits per heavy atom. The highest BCUT2D eigenvalue weighted by Crippen LogP contribution is 2.39. The fourth-order valence-electron chi connectivity index (χ4n) is 3.85. The highest BCUT2D eigenvalue weighted by Gasteiger charge is 2.49. The number of benzene rings is 1. The summed E-state index contributed by atoms with van der Waals surface area (Å²) in [6, 6.07) is 9.50. The summed E-state index contributed by atoms with van der Waals surface area (Å²) in [6.45, 7) is 6.73. The molecule has 5 nitrogen and oxygen atoms in total. The van der Waals surface area contributed by atoms with Crippen LogP contribution in [-0.4, -0.2) is 39.7 Å². The van der Waals surface area contributed by atoms with Crippen LogP contribution in [0.1, 0.15) is 17.4 Å². The van der Waals surface area contributed by atoms with Crippen molar-refractivity contribution in [3.05, 3.63) is 74.5 Å². The zero-order valence-electron chi connectivity index (χ0n) is 16.3. The van der Waals surface area contributed by atoms with E-state index < -0.39 is 5.54 Å². The van der Waals surface area contributed by atoms with Crippen molar-refractivity contribution in [3.8, 4) is 0 Å². The monoisotopic (exact) mass is 503 g/mol. The lowest BCUT2D eigenvalue weighted by atomic mass is 9.92. The van der Waals surface area contributed by atoms with Crippen molar-refractivity contribution in [2.24, 2.45) is 0 Å². The molecule has 1 aromatic carbocycles. The normalized spacial score (nSPS) is 19.4. The third-order valence-electron chi connectivity index (χ3n) is 5.45. The van der Waals surface area contributed by atoms with Crippen LogP contribution in [0, 0.1) is 0 Å². The lowest BCUT2D eigenvalue weighted by Gasteiger charge is -2.47. The first-order valence-corrected chi connectivity index (χ1v) is 11.4. The average Bonchev–Trinajstić information content (AvgIpc) is 3.18. The van der Waals surface area contributed by atoms with Crippen molar-refractivity contribution < 1.29 is 9.59 Å². The van der Waals surface area contributed by atoms with Gasteiger partial charge in [0.2, 0.25) is 5.91 Å². The second kappa shape index (κ2) is 8.13. The van der Waals surface area contributed by atoms with Gasteiger partial charge in [-0.15, -0.1) is 11.3 Å². The van der Waals surface area contributed by atoms with Crippen molar-refractivity contribution in [3.63, 3.8) is 0 Å². The summed E-state index contributed by atoms with van der Waals surface area (Å²) >= 11 is 11.2. The molecule has 1 fully saturated rings. The summed E-state index contributed by atoms with van der Waals surface area (Å²) in [5, 5.41) is 3.45. The molecule has 8 heteroatoms. The van der Waals surface area contributed by atoms with E-state index in [0.29, 0.717) is 24.7 Å². The largest absolute Gasteiger partial charge is 0.334 e. The topological polar surface area (TPSA) is 53.5 Å². The van der Waals surface area contributed by atoms with Crippen LogP contribution in [0.15, 0.2) is 59.0 Å². The molecule has 3 heterocycles. The SMILES string of the molecule is C=CC(=O)N1CCN(Cc2ccc3c(Cl)ccnc3c2)C(=O)[C@@]1(C)c1cc(Br)cs1. The minimum absolute atomic E-state index is 0.113. The number of fused-ring (bicyclic) bond motifs is 1. The minimum Gasteiger partial charge on any atom is -0.334 e. The number of hydrogen-bond donors (Lipinski definition) is 0. The molecule has 2 aromatic heterocycles. The molecule has 0 aliphatic carbocycles. The molecule has 154 valence electrons. The fourth-order valence-corrected chi connectivity index (χ4v) is 5.65. The number of halogens is 2. The number of rotatable bonds is 4. The first-order chi connectivity index (χ1) is 14.3. The zero-order chi connectivity index (χ0) is 21.5. The first kappa shape index (κ1) is 21.0. The molecule has 3 aromatic rings. The maximum atomic E-state index is 13.7. The number of carbonyl (C=O) groups excluding carboxylic acids is 2. The Balaban J connectivity index is 1.68. The highest BCUT2D eigenvalue weighted by atomic mass is 79.9. The van der Waals surface area contributed by atoms with E-state index in [1.54, 1.807) is 22.1 Å². The second-order valence-electron chi connectivity index (χ2n) is 7.27. The van der Waals surface area contributed by atoms with Gasteiger partial charge in [-0.2, -0.15) is 0 Å². The molecule has 0 N–H and O–H groups in total. The summed E-state index contributed by atoms with van der Waals surface area (Å²) in [4.78, 5) is 34.8. The van der Waals surface area contributed by atoms with Gasteiger partial charge in [0.05, 0.1) is 10.5 Å². The van der Waals surface area contributed by atoms with Gasteiger partial charge < -0.3 is 9.80 Å².